The standard InChI is InChI=1S/C12H26N4O/c1-15(2)10-11-6-5-9-16(11)8-4-3-7-12(13)14-17/h11,17H,3-10H2,1-2H3,(H2,13,14). The Morgan fingerprint density at radius 3 is 2.88 bits per heavy atom. The normalized spacial score (nSPS) is 22.5. The number of hydrogen-bond donors (Lipinski definition) is 2. The molecule has 0 saturated carbocycles. The Kier molecular flexibility index (Phi) is 6.29. The first-order valence-corrected chi connectivity index (χ1v) is 6.48. The van der Waals surface area contributed by atoms with Crippen molar-refractivity contribution in [2.75, 3.05) is 33.7 Å². The summed E-state index contributed by atoms with van der Waals surface area (Å²) >= 11 is 0. The molecule has 0 aromatic carbocycles. The van der Waals surface area contributed by atoms with Crippen molar-refractivity contribution in [1.29, 1.82) is 0 Å². The number of likely N-dealkylation sites (tertiary alicyclic amines) is 1. The lowest BCUT2D eigenvalue weighted by Gasteiger charge is -2.26. The zero-order chi connectivity index (χ0) is 12.7. The van der Waals surface area contributed by atoms with Gasteiger partial charge >= 0.3 is 0 Å². The van der Waals surface area contributed by atoms with Gasteiger partial charge in [0.05, 0.1) is 0 Å². The predicted molar refractivity (Wildman–Crippen MR) is 70.4 cm³/mol. The first-order chi connectivity index (χ1) is 8.13. The van der Waals surface area contributed by atoms with Gasteiger partial charge < -0.3 is 15.8 Å². The SMILES string of the molecule is CN(C)CC1CCCN1CCCCC(N)=NO. The number of nitrogens with two attached hydrogens (primary N) is 1. The Bertz CT molecular complexity index is 243. The second kappa shape index (κ2) is 7.50. The van der Waals surface area contributed by atoms with Crippen LogP contribution in [0.3, 0.4) is 0 Å². The van der Waals surface area contributed by atoms with Gasteiger partial charge in [0.1, 0.15) is 5.84 Å². The molecule has 0 aromatic heterocycles. The molecule has 0 spiro atoms. The van der Waals surface area contributed by atoms with Gasteiger partial charge in [0.2, 0.25) is 0 Å². The smallest absolute Gasteiger partial charge is 0.139 e. The van der Waals surface area contributed by atoms with Crippen LogP contribution in [0.5, 0.6) is 0 Å². The summed E-state index contributed by atoms with van der Waals surface area (Å²) in [5.74, 6) is 0.344. The minimum absolute atomic E-state index is 0.344. The molecular weight excluding hydrogens is 216 g/mol. The van der Waals surface area contributed by atoms with Crippen LogP contribution in [0.25, 0.3) is 0 Å². The van der Waals surface area contributed by atoms with Crippen LogP contribution in [-0.2, 0) is 0 Å². The topological polar surface area (TPSA) is 65.1 Å². The minimum atomic E-state index is 0.344. The Morgan fingerprint density at radius 2 is 2.24 bits per heavy atom. The third kappa shape index (κ3) is 5.37. The Morgan fingerprint density at radius 1 is 1.47 bits per heavy atom. The van der Waals surface area contributed by atoms with Crippen molar-refractivity contribution in [2.45, 2.75) is 38.1 Å². The third-order valence-corrected chi connectivity index (χ3v) is 3.33. The highest BCUT2D eigenvalue weighted by molar-refractivity contribution is 5.79. The number of rotatable bonds is 7. The fourth-order valence-electron chi connectivity index (χ4n) is 2.49. The Hall–Kier alpha value is -0.810. The van der Waals surface area contributed by atoms with E-state index in [1.807, 2.05) is 0 Å². The molecule has 1 aliphatic heterocycles. The van der Waals surface area contributed by atoms with E-state index in [1.54, 1.807) is 0 Å². The summed E-state index contributed by atoms with van der Waals surface area (Å²) in [5, 5.41) is 11.4. The van der Waals surface area contributed by atoms with Crippen molar-refractivity contribution in [1.82, 2.24) is 9.80 Å². The average molecular weight is 242 g/mol. The van der Waals surface area contributed by atoms with Crippen LogP contribution < -0.4 is 5.73 Å². The molecule has 0 aromatic rings. The van der Waals surface area contributed by atoms with Crippen LogP contribution in [0.4, 0.5) is 0 Å². The molecule has 1 unspecified atom stereocenters. The van der Waals surface area contributed by atoms with Crippen molar-refractivity contribution in [3.05, 3.63) is 0 Å². The highest BCUT2D eigenvalue weighted by Gasteiger charge is 2.23. The first kappa shape index (κ1) is 14.3. The fraction of sp³-hybridized carbons (Fsp3) is 0.917. The van der Waals surface area contributed by atoms with Gasteiger partial charge in [-0.15, -0.1) is 0 Å². The van der Waals surface area contributed by atoms with Gasteiger partial charge in [-0.1, -0.05) is 5.16 Å². The van der Waals surface area contributed by atoms with Crippen LogP contribution in [-0.4, -0.2) is 60.6 Å². The minimum Gasteiger partial charge on any atom is -0.409 e. The van der Waals surface area contributed by atoms with Crippen molar-refractivity contribution >= 4 is 5.84 Å². The van der Waals surface area contributed by atoms with E-state index in [0.717, 1.165) is 25.9 Å². The Labute approximate surface area is 104 Å². The molecule has 3 N–H and O–H groups in total. The maximum atomic E-state index is 8.43. The number of oxime groups is 1. The zero-order valence-corrected chi connectivity index (χ0v) is 11.1. The third-order valence-electron chi connectivity index (χ3n) is 3.33. The van der Waals surface area contributed by atoms with Crippen LogP contribution in [0, 0.1) is 0 Å². The van der Waals surface area contributed by atoms with Gasteiger partial charge in [-0.25, -0.2) is 0 Å². The lowest BCUT2D eigenvalue weighted by molar-refractivity contribution is 0.205. The van der Waals surface area contributed by atoms with Gasteiger partial charge in [-0.05, 0) is 52.9 Å². The van der Waals surface area contributed by atoms with Crippen LogP contribution >= 0.6 is 0 Å². The summed E-state index contributed by atoms with van der Waals surface area (Å²) < 4.78 is 0. The summed E-state index contributed by atoms with van der Waals surface area (Å²) in [6, 6.07) is 0.717. The van der Waals surface area contributed by atoms with E-state index in [-0.39, 0.29) is 0 Å². The molecule has 5 heteroatoms. The highest BCUT2D eigenvalue weighted by atomic mass is 16.4. The fourth-order valence-corrected chi connectivity index (χ4v) is 2.49. The molecule has 0 amide bonds. The summed E-state index contributed by atoms with van der Waals surface area (Å²) in [7, 11) is 4.27. The van der Waals surface area contributed by atoms with E-state index in [9.17, 15) is 0 Å². The van der Waals surface area contributed by atoms with Gasteiger partial charge in [-0.2, -0.15) is 0 Å². The number of amidine groups is 1. The predicted octanol–water partition coefficient (Wildman–Crippen LogP) is 0.929. The number of unbranched alkanes of at least 4 members (excludes halogenated alkanes) is 1. The van der Waals surface area contributed by atoms with E-state index in [4.69, 9.17) is 10.9 Å². The lowest BCUT2D eigenvalue weighted by Crippen LogP contribution is -2.38. The van der Waals surface area contributed by atoms with Gasteiger partial charge in [0.25, 0.3) is 0 Å². The van der Waals surface area contributed by atoms with Crippen molar-refractivity contribution in [3.8, 4) is 0 Å². The molecule has 1 rings (SSSR count). The number of likely N-dealkylation sites (N-methyl/N-ethyl adjacent to an activating group) is 1. The summed E-state index contributed by atoms with van der Waals surface area (Å²) in [5.41, 5.74) is 5.44. The van der Waals surface area contributed by atoms with Crippen molar-refractivity contribution in [2.24, 2.45) is 10.9 Å². The number of nitrogens with zero attached hydrogens (tertiary/aromatic N) is 3. The molecular formula is C12H26N4O. The second-order valence-corrected chi connectivity index (χ2v) is 5.14. The van der Waals surface area contributed by atoms with Gasteiger partial charge in [0, 0.05) is 19.0 Å². The van der Waals surface area contributed by atoms with Crippen LogP contribution in [0.1, 0.15) is 32.1 Å². The molecule has 1 heterocycles. The van der Waals surface area contributed by atoms with Crippen LogP contribution in [0.15, 0.2) is 5.16 Å². The lowest BCUT2D eigenvalue weighted by atomic mass is 10.2. The van der Waals surface area contributed by atoms with E-state index < -0.39 is 0 Å². The molecule has 1 fully saturated rings. The molecule has 1 atom stereocenters. The maximum absolute atomic E-state index is 8.43. The van der Waals surface area contributed by atoms with E-state index in [2.05, 4.69) is 29.1 Å². The molecule has 17 heavy (non-hydrogen) atoms. The number of hydrogen-bond acceptors (Lipinski definition) is 4. The molecule has 100 valence electrons. The van der Waals surface area contributed by atoms with Gasteiger partial charge in [-0.3, -0.25) is 4.90 Å². The van der Waals surface area contributed by atoms with E-state index >= 15 is 0 Å². The van der Waals surface area contributed by atoms with Gasteiger partial charge in [0.15, 0.2) is 0 Å². The first-order valence-electron chi connectivity index (χ1n) is 6.48. The average Bonchev–Trinajstić information content (AvgIpc) is 2.70. The second-order valence-electron chi connectivity index (χ2n) is 5.14. The maximum Gasteiger partial charge on any atom is 0.139 e. The summed E-state index contributed by atoms with van der Waals surface area (Å²) in [6.45, 7) is 3.51. The quantitative estimate of drug-likeness (QED) is 0.229. The Balaban J connectivity index is 2.17. The van der Waals surface area contributed by atoms with Crippen molar-refractivity contribution in [3.63, 3.8) is 0 Å². The highest BCUT2D eigenvalue weighted by Crippen LogP contribution is 2.18. The van der Waals surface area contributed by atoms with Crippen molar-refractivity contribution < 1.29 is 5.21 Å². The summed E-state index contributed by atoms with van der Waals surface area (Å²) in [6.07, 6.45) is 5.46. The molecule has 0 bridgehead atoms. The van der Waals surface area contributed by atoms with E-state index in [0.29, 0.717) is 18.3 Å². The molecule has 0 radical (unpaired) electrons. The zero-order valence-electron chi connectivity index (χ0n) is 11.1. The molecule has 1 saturated heterocycles. The monoisotopic (exact) mass is 242 g/mol. The largest absolute Gasteiger partial charge is 0.409 e. The van der Waals surface area contributed by atoms with Crippen LogP contribution in [0.2, 0.25) is 0 Å². The summed E-state index contributed by atoms with van der Waals surface area (Å²) in [4.78, 5) is 4.84. The molecule has 5 nitrogen and oxygen atoms in total. The van der Waals surface area contributed by atoms with E-state index in [1.165, 1.54) is 19.4 Å². The molecule has 1 aliphatic rings. The molecule has 0 aliphatic carbocycles.